The van der Waals surface area contributed by atoms with Crippen LogP contribution in [-0.4, -0.2) is 65.2 Å². The zero-order chi connectivity index (χ0) is 18.3. The second kappa shape index (κ2) is 10.8. The summed E-state index contributed by atoms with van der Waals surface area (Å²) in [6.07, 6.45) is 1.09. The van der Waals surface area contributed by atoms with Crippen LogP contribution in [0.1, 0.15) is 12.8 Å². The summed E-state index contributed by atoms with van der Waals surface area (Å²) in [7, 11) is -2.08. The third kappa shape index (κ3) is 6.81. The summed E-state index contributed by atoms with van der Waals surface area (Å²) in [6.45, 7) is 2.40. The standard InChI is InChI=1S/C16H24FN3O4S.ClH/c1-24-11-8-18-12-16(21)20-9-6-14(7-10-20)19-25(22,23)15-4-2-13(17)3-5-15;/h2-5,14,18-19H,6-12H2,1H3;1H. The first-order valence-electron chi connectivity index (χ1n) is 8.17. The molecule has 0 atom stereocenters. The van der Waals surface area contributed by atoms with E-state index in [4.69, 9.17) is 4.74 Å². The van der Waals surface area contributed by atoms with E-state index in [1.54, 1.807) is 12.0 Å². The minimum Gasteiger partial charge on any atom is -0.383 e. The molecule has 148 valence electrons. The number of methoxy groups -OCH3 is 1. The van der Waals surface area contributed by atoms with Crippen LogP contribution in [0.2, 0.25) is 0 Å². The molecular weight excluding hydrogens is 385 g/mol. The van der Waals surface area contributed by atoms with Gasteiger partial charge in [-0.05, 0) is 37.1 Å². The van der Waals surface area contributed by atoms with Crippen molar-refractivity contribution < 1.29 is 22.3 Å². The number of likely N-dealkylation sites (tertiary alicyclic amines) is 1. The highest BCUT2D eigenvalue weighted by atomic mass is 35.5. The maximum atomic E-state index is 12.9. The van der Waals surface area contributed by atoms with Crippen molar-refractivity contribution in [2.24, 2.45) is 0 Å². The Kier molecular flexibility index (Phi) is 9.45. The van der Waals surface area contributed by atoms with Crippen molar-refractivity contribution >= 4 is 28.3 Å². The molecule has 2 rings (SSSR count). The molecule has 1 fully saturated rings. The first kappa shape index (κ1) is 22.8. The topological polar surface area (TPSA) is 87.7 Å². The van der Waals surface area contributed by atoms with E-state index in [0.29, 0.717) is 39.1 Å². The highest BCUT2D eigenvalue weighted by Crippen LogP contribution is 2.15. The first-order chi connectivity index (χ1) is 11.9. The van der Waals surface area contributed by atoms with Gasteiger partial charge in [-0.1, -0.05) is 0 Å². The van der Waals surface area contributed by atoms with Crippen LogP contribution in [0.3, 0.4) is 0 Å². The van der Waals surface area contributed by atoms with Gasteiger partial charge < -0.3 is 15.0 Å². The minimum atomic E-state index is -3.68. The number of carbonyl (C=O) groups is 1. The van der Waals surface area contributed by atoms with Gasteiger partial charge in [0.1, 0.15) is 5.82 Å². The molecular formula is C16H25ClFN3O4S. The molecule has 1 saturated heterocycles. The maximum Gasteiger partial charge on any atom is 0.240 e. The van der Waals surface area contributed by atoms with Gasteiger partial charge in [0.25, 0.3) is 0 Å². The lowest BCUT2D eigenvalue weighted by molar-refractivity contribution is -0.131. The lowest BCUT2D eigenvalue weighted by Crippen LogP contribution is -2.48. The number of piperidine rings is 1. The molecule has 1 aliphatic rings. The number of hydrogen-bond acceptors (Lipinski definition) is 5. The van der Waals surface area contributed by atoms with Gasteiger partial charge in [0.15, 0.2) is 0 Å². The molecule has 7 nitrogen and oxygen atoms in total. The Hall–Kier alpha value is -1.26. The molecule has 0 unspecified atom stereocenters. The molecule has 1 amide bonds. The second-order valence-corrected chi connectivity index (χ2v) is 7.61. The molecule has 2 N–H and O–H groups in total. The summed E-state index contributed by atoms with van der Waals surface area (Å²) in [5, 5.41) is 3.00. The fourth-order valence-electron chi connectivity index (χ4n) is 2.63. The van der Waals surface area contributed by atoms with E-state index in [0.717, 1.165) is 12.1 Å². The molecule has 0 aliphatic carbocycles. The number of benzene rings is 1. The van der Waals surface area contributed by atoms with E-state index in [2.05, 4.69) is 10.0 Å². The smallest absolute Gasteiger partial charge is 0.240 e. The van der Waals surface area contributed by atoms with Crippen molar-refractivity contribution in [2.75, 3.05) is 39.9 Å². The largest absolute Gasteiger partial charge is 0.383 e. The molecule has 0 radical (unpaired) electrons. The SMILES string of the molecule is COCCNCC(=O)N1CCC(NS(=O)(=O)c2ccc(F)cc2)CC1.Cl. The molecule has 0 aromatic heterocycles. The predicted molar refractivity (Wildman–Crippen MR) is 98.3 cm³/mol. The number of sulfonamides is 1. The van der Waals surface area contributed by atoms with Gasteiger partial charge >= 0.3 is 0 Å². The van der Waals surface area contributed by atoms with E-state index >= 15 is 0 Å². The van der Waals surface area contributed by atoms with Crippen LogP contribution in [0.5, 0.6) is 0 Å². The third-order valence-electron chi connectivity index (χ3n) is 4.05. The molecule has 26 heavy (non-hydrogen) atoms. The predicted octanol–water partition coefficient (Wildman–Crippen LogP) is 0.753. The summed E-state index contributed by atoms with van der Waals surface area (Å²) >= 11 is 0. The van der Waals surface area contributed by atoms with Gasteiger partial charge in [-0.15, -0.1) is 12.4 Å². The third-order valence-corrected chi connectivity index (χ3v) is 5.59. The van der Waals surface area contributed by atoms with Crippen molar-refractivity contribution in [1.82, 2.24) is 14.9 Å². The number of nitrogens with zero attached hydrogens (tertiary/aromatic N) is 1. The van der Waals surface area contributed by atoms with Crippen molar-refractivity contribution in [2.45, 2.75) is 23.8 Å². The summed E-state index contributed by atoms with van der Waals surface area (Å²) in [5.74, 6) is -0.485. The van der Waals surface area contributed by atoms with E-state index in [9.17, 15) is 17.6 Å². The zero-order valence-corrected chi connectivity index (χ0v) is 16.2. The number of amides is 1. The van der Waals surface area contributed by atoms with Gasteiger partial charge in [-0.3, -0.25) is 4.79 Å². The van der Waals surface area contributed by atoms with Crippen LogP contribution in [0.4, 0.5) is 4.39 Å². The molecule has 1 aliphatic heterocycles. The Morgan fingerprint density at radius 1 is 1.27 bits per heavy atom. The Labute approximate surface area is 159 Å². The van der Waals surface area contributed by atoms with Crippen LogP contribution in [-0.2, 0) is 19.6 Å². The van der Waals surface area contributed by atoms with E-state index < -0.39 is 15.8 Å². The van der Waals surface area contributed by atoms with Crippen LogP contribution < -0.4 is 10.0 Å². The molecule has 1 heterocycles. The van der Waals surface area contributed by atoms with E-state index in [-0.39, 0.29) is 35.8 Å². The molecule has 1 aromatic carbocycles. The molecule has 0 saturated carbocycles. The average molecular weight is 410 g/mol. The van der Waals surface area contributed by atoms with Gasteiger partial charge in [0, 0.05) is 32.8 Å². The number of ether oxygens (including phenoxy) is 1. The van der Waals surface area contributed by atoms with Gasteiger partial charge in [-0.25, -0.2) is 17.5 Å². The Balaban J connectivity index is 0.00000338. The van der Waals surface area contributed by atoms with Crippen molar-refractivity contribution in [1.29, 1.82) is 0 Å². The second-order valence-electron chi connectivity index (χ2n) is 5.90. The van der Waals surface area contributed by atoms with Gasteiger partial charge in [0.2, 0.25) is 15.9 Å². The lowest BCUT2D eigenvalue weighted by atomic mass is 10.1. The van der Waals surface area contributed by atoms with Crippen molar-refractivity contribution in [3.63, 3.8) is 0 Å². The molecule has 1 aromatic rings. The lowest BCUT2D eigenvalue weighted by Gasteiger charge is -2.32. The van der Waals surface area contributed by atoms with E-state index in [1.165, 1.54) is 12.1 Å². The summed E-state index contributed by atoms with van der Waals surface area (Å²) in [4.78, 5) is 13.8. The number of rotatable bonds is 8. The Morgan fingerprint density at radius 3 is 2.46 bits per heavy atom. The summed E-state index contributed by atoms with van der Waals surface area (Å²) in [6, 6.07) is 4.48. The fraction of sp³-hybridized carbons (Fsp3) is 0.562. The average Bonchev–Trinajstić information content (AvgIpc) is 2.59. The molecule has 0 bridgehead atoms. The number of hydrogen-bond donors (Lipinski definition) is 2. The molecule has 10 heteroatoms. The van der Waals surface area contributed by atoms with Crippen molar-refractivity contribution in [3.8, 4) is 0 Å². The Morgan fingerprint density at radius 2 is 1.88 bits per heavy atom. The fourth-order valence-corrected chi connectivity index (χ4v) is 3.93. The number of carbonyl (C=O) groups excluding carboxylic acids is 1. The van der Waals surface area contributed by atoms with Gasteiger partial charge in [-0.2, -0.15) is 0 Å². The quantitative estimate of drug-likeness (QED) is 0.619. The Bertz CT molecular complexity index is 665. The zero-order valence-electron chi connectivity index (χ0n) is 14.6. The monoisotopic (exact) mass is 409 g/mol. The first-order valence-corrected chi connectivity index (χ1v) is 9.66. The summed E-state index contributed by atoms with van der Waals surface area (Å²) in [5.41, 5.74) is 0. The van der Waals surface area contributed by atoms with Gasteiger partial charge in [0.05, 0.1) is 18.0 Å². The minimum absolute atomic E-state index is 0. The maximum absolute atomic E-state index is 12.9. The van der Waals surface area contributed by atoms with E-state index in [1.807, 2.05) is 0 Å². The van der Waals surface area contributed by atoms with Crippen molar-refractivity contribution in [3.05, 3.63) is 30.1 Å². The highest BCUT2D eigenvalue weighted by molar-refractivity contribution is 7.89. The summed E-state index contributed by atoms with van der Waals surface area (Å²) < 4.78 is 45.0. The number of nitrogens with one attached hydrogen (secondary N) is 2. The highest BCUT2D eigenvalue weighted by Gasteiger charge is 2.26. The van der Waals surface area contributed by atoms with Crippen LogP contribution in [0.25, 0.3) is 0 Å². The van der Waals surface area contributed by atoms with Crippen LogP contribution >= 0.6 is 12.4 Å². The normalized spacial score (nSPS) is 15.5. The number of halogens is 2. The van der Waals surface area contributed by atoms with Crippen LogP contribution in [0, 0.1) is 5.82 Å². The molecule has 0 spiro atoms. The van der Waals surface area contributed by atoms with Crippen LogP contribution in [0.15, 0.2) is 29.2 Å².